The van der Waals surface area contributed by atoms with E-state index in [0.29, 0.717) is 18.4 Å². The predicted octanol–water partition coefficient (Wildman–Crippen LogP) is 6.95. The van der Waals surface area contributed by atoms with Crippen LogP contribution in [0.4, 0.5) is 0 Å². The van der Waals surface area contributed by atoms with Gasteiger partial charge in [-0.15, -0.1) is 0 Å². The lowest BCUT2D eigenvalue weighted by Crippen LogP contribution is -2.79. The normalized spacial score (nSPS) is 26.9. The number of benzene rings is 1. The highest BCUT2D eigenvalue weighted by atomic mass is 16.8. The first-order chi connectivity index (χ1) is 27.3. The van der Waals surface area contributed by atoms with E-state index < -0.39 is 87.9 Å². The average molecular weight is 849 g/mol. The molecule has 0 aromatic heterocycles. The summed E-state index contributed by atoms with van der Waals surface area (Å²) in [6, 6.07) is 9.71. The topological polar surface area (TPSA) is 172 Å². The van der Waals surface area contributed by atoms with Crippen molar-refractivity contribution in [2.24, 2.45) is 11.8 Å². The van der Waals surface area contributed by atoms with Crippen LogP contribution in [-0.2, 0) is 68.2 Å². The van der Waals surface area contributed by atoms with E-state index in [1.807, 2.05) is 51.1 Å². The molecule has 2 bridgehead atoms. The van der Waals surface area contributed by atoms with Gasteiger partial charge in [-0.05, 0) is 112 Å². The van der Waals surface area contributed by atoms with Gasteiger partial charge in [-0.2, -0.15) is 0 Å². The summed E-state index contributed by atoms with van der Waals surface area (Å²) in [6.07, 6.45) is -5.53. The second-order valence-electron chi connectivity index (χ2n) is 19.9. The summed E-state index contributed by atoms with van der Waals surface area (Å²) in [7, 11) is 1.41. The number of rotatable bonds is 18. The molecule has 14 heteroatoms. The lowest BCUT2D eigenvalue weighted by Gasteiger charge is -2.51. The van der Waals surface area contributed by atoms with Crippen LogP contribution in [0.1, 0.15) is 129 Å². The molecule has 14 nitrogen and oxygen atoms in total. The molecule has 3 rings (SSSR count). The molecular formula is C46H72O14. The summed E-state index contributed by atoms with van der Waals surface area (Å²) < 4.78 is 56.2. The fraction of sp³-hybridized carbons (Fsp3) is 0.739. The third-order valence-corrected chi connectivity index (χ3v) is 10.0. The molecular weight excluding hydrogens is 776 g/mol. The average Bonchev–Trinajstić information content (AvgIpc) is 3.32. The van der Waals surface area contributed by atoms with E-state index in [9.17, 15) is 19.5 Å². The fourth-order valence-electron chi connectivity index (χ4n) is 7.30. The Morgan fingerprint density at radius 2 is 1.38 bits per heavy atom. The van der Waals surface area contributed by atoms with Crippen LogP contribution in [0.5, 0.6) is 0 Å². The first-order valence-electron chi connectivity index (χ1n) is 20.9. The van der Waals surface area contributed by atoms with Crippen LogP contribution >= 0.6 is 0 Å². The molecule has 340 valence electrons. The number of ether oxygens (including phenoxy) is 9. The van der Waals surface area contributed by atoms with Crippen molar-refractivity contribution in [3.8, 4) is 0 Å². The summed E-state index contributed by atoms with van der Waals surface area (Å²) in [5.74, 6) is -8.17. The molecule has 0 amide bonds. The van der Waals surface area contributed by atoms with Gasteiger partial charge in [0.25, 0.3) is 0 Å². The van der Waals surface area contributed by atoms with Gasteiger partial charge < -0.3 is 47.7 Å². The van der Waals surface area contributed by atoms with Crippen LogP contribution in [-0.4, -0.2) is 107 Å². The van der Waals surface area contributed by atoms with Crippen LogP contribution in [0.3, 0.4) is 0 Å². The molecule has 2 fully saturated rings. The number of hydrogen-bond acceptors (Lipinski definition) is 14. The second-order valence-corrected chi connectivity index (χ2v) is 19.9. The summed E-state index contributed by atoms with van der Waals surface area (Å²) >= 11 is 0. The lowest BCUT2D eigenvalue weighted by atomic mass is 9.74. The third kappa shape index (κ3) is 12.2. The second kappa shape index (κ2) is 18.9. The predicted molar refractivity (Wildman–Crippen MR) is 222 cm³/mol. The minimum atomic E-state index is -3.31. The molecule has 60 heavy (non-hydrogen) atoms. The monoisotopic (exact) mass is 848 g/mol. The van der Waals surface area contributed by atoms with Crippen molar-refractivity contribution in [1.29, 1.82) is 0 Å². The first-order valence-corrected chi connectivity index (χ1v) is 20.9. The van der Waals surface area contributed by atoms with Gasteiger partial charge in [0.1, 0.15) is 35.1 Å². The van der Waals surface area contributed by atoms with Crippen molar-refractivity contribution in [1.82, 2.24) is 0 Å². The Morgan fingerprint density at radius 1 is 0.833 bits per heavy atom. The molecule has 0 aliphatic carbocycles. The molecule has 0 spiro atoms. The van der Waals surface area contributed by atoms with Gasteiger partial charge in [0.15, 0.2) is 5.79 Å². The van der Waals surface area contributed by atoms with Crippen LogP contribution in [0.15, 0.2) is 42.5 Å². The van der Waals surface area contributed by atoms with Crippen molar-refractivity contribution in [3.05, 3.63) is 48.0 Å². The van der Waals surface area contributed by atoms with Crippen LogP contribution in [0.2, 0.25) is 0 Å². The van der Waals surface area contributed by atoms with Crippen molar-refractivity contribution < 1.29 is 66.9 Å². The van der Waals surface area contributed by atoms with E-state index in [0.717, 1.165) is 5.56 Å². The van der Waals surface area contributed by atoms with Crippen LogP contribution in [0.25, 0.3) is 0 Å². The van der Waals surface area contributed by atoms with Gasteiger partial charge in [0.05, 0.1) is 0 Å². The van der Waals surface area contributed by atoms with E-state index in [2.05, 4.69) is 6.58 Å². The molecule has 2 aliphatic rings. The standard InChI is InChI=1S/C46H72O14/c1-28(2)24-26-53-35-34(55-43(15,16)52-17)44(25-23-29(3)33(54-31(5)47)30(4)27-32-21-19-18-20-22-32)56-36(37(48)57-40(6,7)8)45(51,38(49)58-41(9,10)11)46(35,60-44)39(50)59-42(12,13)14/h18-22,28,30,33-36,51H,3,23-27H2,1-2,4-17H3/t30?,33?,34-,35-,36-,44-,45-,46-/m1/s1. The van der Waals surface area contributed by atoms with E-state index in [4.69, 9.17) is 42.6 Å². The van der Waals surface area contributed by atoms with Crippen molar-refractivity contribution in [2.75, 3.05) is 13.7 Å². The van der Waals surface area contributed by atoms with Gasteiger partial charge in [-0.25, -0.2) is 14.4 Å². The summed E-state index contributed by atoms with van der Waals surface area (Å²) in [6.45, 7) is 29.1. The van der Waals surface area contributed by atoms with E-state index >= 15 is 4.79 Å². The van der Waals surface area contributed by atoms with Gasteiger partial charge in [-0.1, -0.05) is 57.7 Å². The quantitative estimate of drug-likeness (QED) is 0.0696. The minimum Gasteiger partial charge on any atom is -0.458 e. The molecule has 2 saturated heterocycles. The lowest BCUT2D eigenvalue weighted by molar-refractivity contribution is -0.387. The van der Waals surface area contributed by atoms with Gasteiger partial charge >= 0.3 is 23.9 Å². The first kappa shape index (κ1) is 51.0. The van der Waals surface area contributed by atoms with E-state index in [1.54, 1.807) is 76.2 Å². The van der Waals surface area contributed by atoms with E-state index in [1.165, 1.54) is 14.0 Å². The molecule has 0 radical (unpaired) electrons. The highest BCUT2D eigenvalue weighted by molar-refractivity contribution is 5.99. The molecule has 1 N–H and O–H groups in total. The highest BCUT2D eigenvalue weighted by Crippen LogP contribution is 2.58. The molecule has 0 saturated carbocycles. The summed E-state index contributed by atoms with van der Waals surface area (Å²) in [5.41, 5.74) is -8.38. The number of hydrogen-bond donors (Lipinski definition) is 1. The summed E-state index contributed by atoms with van der Waals surface area (Å²) in [4.78, 5) is 57.2. The Labute approximate surface area is 357 Å². The van der Waals surface area contributed by atoms with Crippen molar-refractivity contribution in [2.45, 2.75) is 194 Å². The zero-order valence-electron chi connectivity index (χ0n) is 38.8. The number of fused-ring (bicyclic) bond motifs is 2. The minimum absolute atomic E-state index is 0.000631. The Bertz CT molecular complexity index is 1670. The zero-order chi connectivity index (χ0) is 45.9. The highest BCUT2D eigenvalue weighted by Gasteiger charge is 2.86. The van der Waals surface area contributed by atoms with Crippen molar-refractivity contribution in [3.63, 3.8) is 0 Å². The zero-order valence-corrected chi connectivity index (χ0v) is 38.8. The number of carbonyl (C=O) groups is 4. The molecule has 8 atom stereocenters. The molecule has 2 heterocycles. The maximum absolute atomic E-state index is 15.2. The SMILES string of the molecule is C=C(CC[C@@]12O[C@H](C(=O)OC(C)(C)C)[C@@](O)(C(=O)OC(C)(C)C)[C@@](C(=O)OC(C)(C)C)(O1)[C@H](OCCC(C)C)[C@H]2OC(C)(C)OC)C(OC(C)=O)C(C)Cc1ccccc1. The maximum Gasteiger partial charge on any atom is 0.346 e. The van der Waals surface area contributed by atoms with Gasteiger partial charge in [0.2, 0.25) is 23.1 Å². The van der Waals surface area contributed by atoms with Gasteiger partial charge in [0, 0.05) is 33.0 Å². The molecule has 2 unspecified atom stereocenters. The Kier molecular flexibility index (Phi) is 16.1. The van der Waals surface area contributed by atoms with Gasteiger partial charge in [-0.3, -0.25) is 4.79 Å². The van der Waals surface area contributed by atoms with E-state index in [-0.39, 0.29) is 31.3 Å². The maximum atomic E-state index is 15.2. The molecule has 1 aromatic carbocycles. The number of carbonyl (C=O) groups excluding carboxylic acids is 4. The van der Waals surface area contributed by atoms with Crippen LogP contribution in [0, 0.1) is 11.8 Å². The molecule has 2 aliphatic heterocycles. The number of aliphatic hydroxyl groups is 1. The molecule has 1 aromatic rings. The van der Waals surface area contributed by atoms with Crippen LogP contribution < -0.4 is 0 Å². The third-order valence-electron chi connectivity index (χ3n) is 10.0. The smallest absolute Gasteiger partial charge is 0.346 e. The number of methoxy groups -OCH3 is 1. The Morgan fingerprint density at radius 3 is 1.88 bits per heavy atom. The number of esters is 4. The van der Waals surface area contributed by atoms with Crippen molar-refractivity contribution >= 4 is 23.9 Å². The summed E-state index contributed by atoms with van der Waals surface area (Å²) in [5, 5.41) is 13.3. The largest absolute Gasteiger partial charge is 0.458 e. The fourth-order valence-corrected chi connectivity index (χ4v) is 7.30. The Balaban J connectivity index is 2.43. The Hall–Kier alpha value is -3.40.